The number of rotatable bonds is 5. The van der Waals surface area contributed by atoms with Crippen molar-refractivity contribution in [3.8, 4) is 0 Å². The maximum Gasteiger partial charge on any atom is 0.224 e. The fraction of sp³-hybridized carbons (Fsp3) is 0.250. The highest BCUT2D eigenvalue weighted by Crippen LogP contribution is 2.22. The Bertz CT molecular complexity index is 749. The summed E-state index contributed by atoms with van der Waals surface area (Å²) in [5.41, 5.74) is 1.67. The van der Waals surface area contributed by atoms with Gasteiger partial charge in [-0.2, -0.15) is 0 Å². The van der Waals surface area contributed by atoms with E-state index in [1.165, 1.54) is 4.70 Å². The molecule has 0 saturated heterocycles. The Hall–Kier alpha value is -2.34. The Kier molecular flexibility index (Phi) is 4.39. The van der Waals surface area contributed by atoms with E-state index in [2.05, 4.69) is 26.3 Å². The minimum absolute atomic E-state index is 0.0198. The molecule has 112 valence electrons. The second-order valence-corrected chi connectivity index (χ2v) is 6.11. The number of nitrogens with one attached hydrogen (secondary N) is 1. The van der Waals surface area contributed by atoms with Gasteiger partial charge in [-0.15, -0.1) is 11.3 Å². The van der Waals surface area contributed by atoms with Crippen molar-refractivity contribution in [2.24, 2.45) is 0 Å². The maximum atomic E-state index is 11.9. The van der Waals surface area contributed by atoms with Gasteiger partial charge in [-0.25, -0.2) is 15.0 Å². The average molecular weight is 312 g/mol. The second-order valence-electron chi connectivity index (χ2n) is 5.00. The van der Waals surface area contributed by atoms with Crippen LogP contribution in [0.25, 0.3) is 10.2 Å². The van der Waals surface area contributed by atoms with E-state index in [1.807, 2.05) is 25.1 Å². The summed E-state index contributed by atoms with van der Waals surface area (Å²) in [5, 5.41) is 3.88. The predicted octanol–water partition coefficient (Wildman–Crippen LogP) is 3.36. The molecule has 0 radical (unpaired) electrons. The van der Waals surface area contributed by atoms with Crippen LogP contribution in [-0.4, -0.2) is 20.9 Å². The molecule has 0 spiro atoms. The number of hydrogen-bond donors (Lipinski definition) is 1. The maximum absolute atomic E-state index is 11.9. The summed E-state index contributed by atoms with van der Waals surface area (Å²) in [6.45, 7) is 1.81. The monoisotopic (exact) mass is 312 g/mol. The summed E-state index contributed by atoms with van der Waals surface area (Å²) < 4.78 is 1.19. The first-order valence-electron chi connectivity index (χ1n) is 7.14. The van der Waals surface area contributed by atoms with Crippen LogP contribution >= 0.6 is 11.3 Å². The van der Waals surface area contributed by atoms with E-state index in [1.54, 1.807) is 23.7 Å². The third-order valence-electron chi connectivity index (χ3n) is 3.20. The van der Waals surface area contributed by atoms with Gasteiger partial charge >= 0.3 is 0 Å². The lowest BCUT2D eigenvalue weighted by Crippen LogP contribution is -2.12. The van der Waals surface area contributed by atoms with Gasteiger partial charge in [-0.05, 0) is 31.9 Å². The molecule has 2 heterocycles. The smallest absolute Gasteiger partial charge is 0.224 e. The van der Waals surface area contributed by atoms with Crippen molar-refractivity contribution < 1.29 is 4.79 Å². The van der Waals surface area contributed by atoms with Crippen LogP contribution in [0, 0.1) is 6.92 Å². The number of carbonyl (C=O) groups excluding carboxylic acids is 1. The Labute approximate surface area is 132 Å². The Morgan fingerprint density at radius 2 is 2.00 bits per heavy atom. The number of thiazole rings is 1. The van der Waals surface area contributed by atoms with Crippen molar-refractivity contribution in [3.05, 3.63) is 47.5 Å². The molecular weight excluding hydrogens is 296 g/mol. The van der Waals surface area contributed by atoms with E-state index in [0.29, 0.717) is 17.9 Å². The topological polar surface area (TPSA) is 67.8 Å². The van der Waals surface area contributed by atoms with Crippen molar-refractivity contribution in [1.29, 1.82) is 0 Å². The third-order valence-corrected chi connectivity index (χ3v) is 4.29. The first-order chi connectivity index (χ1) is 10.7. The van der Waals surface area contributed by atoms with Gasteiger partial charge in [-0.3, -0.25) is 4.79 Å². The molecule has 1 N–H and O–H groups in total. The van der Waals surface area contributed by atoms with Gasteiger partial charge in [0.15, 0.2) is 0 Å². The number of carbonyl (C=O) groups is 1. The quantitative estimate of drug-likeness (QED) is 0.784. The van der Waals surface area contributed by atoms with Gasteiger partial charge in [-0.1, -0.05) is 12.1 Å². The minimum atomic E-state index is -0.0198. The summed E-state index contributed by atoms with van der Waals surface area (Å²) in [6, 6.07) is 8.09. The van der Waals surface area contributed by atoms with Gasteiger partial charge in [0.2, 0.25) is 5.91 Å². The number of para-hydroxylation sites is 1. The third kappa shape index (κ3) is 3.65. The van der Waals surface area contributed by atoms with Crippen molar-refractivity contribution in [2.45, 2.75) is 26.2 Å². The fourth-order valence-electron chi connectivity index (χ4n) is 2.11. The molecule has 3 rings (SSSR count). The molecule has 0 fully saturated rings. The largest absolute Gasteiger partial charge is 0.323 e. The average Bonchev–Trinajstić information content (AvgIpc) is 2.92. The first kappa shape index (κ1) is 14.6. The van der Waals surface area contributed by atoms with Crippen LogP contribution in [0.4, 0.5) is 5.69 Å². The first-order valence-corrected chi connectivity index (χ1v) is 7.95. The Morgan fingerprint density at radius 1 is 1.23 bits per heavy atom. The molecule has 0 aliphatic rings. The number of amides is 1. The molecule has 0 aliphatic heterocycles. The summed E-state index contributed by atoms with van der Waals surface area (Å²) in [7, 11) is 0. The van der Waals surface area contributed by atoms with Gasteiger partial charge in [0.25, 0.3) is 0 Å². The van der Waals surface area contributed by atoms with E-state index in [0.717, 1.165) is 23.4 Å². The molecule has 0 atom stereocenters. The van der Waals surface area contributed by atoms with Crippen LogP contribution < -0.4 is 5.32 Å². The summed E-state index contributed by atoms with van der Waals surface area (Å²) in [6.07, 6.45) is 5.29. The molecule has 5 nitrogen and oxygen atoms in total. The summed E-state index contributed by atoms with van der Waals surface area (Å²) in [4.78, 5) is 24.5. The molecule has 22 heavy (non-hydrogen) atoms. The van der Waals surface area contributed by atoms with E-state index in [4.69, 9.17) is 0 Å². The van der Waals surface area contributed by atoms with Crippen LogP contribution in [0.15, 0.2) is 36.7 Å². The van der Waals surface area contributed by atoms with E-state index in [9.17, 15) is 4.79 Å². The lowest BCUT2D eigenvalue weighted by Gasteiger charge is -2.03. The highest BCUT2D eigenvalue weighted by atomic mass is 32.1. The van der Waals surface area contributed by atoms with E-state index < -0.39 is 0 Å². The molecule has 0 saturated carbocycles. The molecule has 1 amide bonds. The van der Waals surface area contributed by atoms with Crippen LogP contribution in [0.5, 0.6) is 0 Å². The van der Waals surface area contributed by atoms with Crippen molar-refractivity contribution in [1.82, 2.24) is 15.0 Å². The zero-order valence-corrected chi connectivity index (χ0v) is 13.1. The van der Waals surface area contributed by atoms with Gasteiger partial charge in [0, 0.05) is 6.42 Å². The number of anilines is 1. The highest BCUT2D eigenvalue weighted by Gasteiger charge is 2.06. The number of hydrogen-bond acceptors (Lipinski definition) is 5. The number of nitrogens with zero attached hydrogens (tertiary/aromatic N) is 3. The lowest BCUT2D eigenvalue weighted by molar-refractivity contribution is -0.116. The molecule has 6 heteroatoms. The van der Waals surface area contributed by atoms with Crippen LogP contribution in [0.1, 0.15) is 23.7 Å². The van der Waals surface area contributed by atoms with E-state index >= 15 is 0 Å². The summed E-state index contributed by atoms with van der Waals surface area (Å²) >= 11 is 1.69. The van der Waals surface area contributed by atoms with Crippen LogP contribution in [0.3, 0.4) is 0 Å². The SMILES string of the molecule is Cc1ncc(NC(=O)CCCc2nc3ccccc3s2)cn1. The molecule has 1 aromatic carbocycles. The van der Waals surface area contributed by atoms with Crippen LogP contribution in [0.2, 0.25) is 0 Å². The van der Waals surface area contributed by atoms with Gasteiger partial charge in [0.05, 0.1) is 33.3 Å². The van der Waals surface area contributed by atoms with Crippen molar-refractivity contribution in [3.63, 3.8) is 0 Å². The zero-order valence-electron chi connectivity index (χ0n) is 12.2. The number of aryl methyl sites for hydroxylation is 2. The molecule has 0 aliphatic carbocycles. The normalized spacial score (nSPS) is 10.8. The molecule has 3 aromatic rings. The lowest BCUT2D eigenvalue weighted by atomic mass is 10.2. The van der Waals surface area contributed by atoms with Gasteiger partial charge < -0.3 is 5.32 Å². The van der Waals surface area contributed by atoms with Crippen molar-refractivity contribution in [2.75, 3.05) is 5.32 Å². The standard InChI is InChI=1S/C16H16N4OS/c1-11-17-9-12(10-18-11)19-15(21)7-4-8-16-20-13-5-2-3-6-14(13)22-16/h2-3,5-6,9-10H,4,7-8H2,1H3,(H,19,21). The number of aromatic nitrogens is 3. The second kappa shape index (κ2) is 6.62. The minimum Gasteiger partial charge on any atom is -0.323 e. The van der Waals surface area contributed by atoms with E-state index in [-0.39, 0.29) is 5.91 Å². The molecule has 0 bridgehead atoms. The molecular formula is C16H16N4OS. The Morgan fingerprint density at radius 3 is 2.77 bits per heavy atom. The number of benzene rings is 1. The highest BCUT2D eigenvalue weighted by molar-refractivity contribution is 7.18. The molecule has 0 unspecified atom stereocenters. The zero-order chi connectivity index (χ0) is 15.4. The fourth-order valence-corrected chi connectivity index (χ4v) is 3.12. The molecule has 2 aromatic heterocycles. The summed E-state index contributed by atoms with van der Waals surface area (Å²) in [5.74, 6) is 0.669. The Balaban J connectivity index is 1.49. The number of fused-ring (bicyclic) bond motifs is 1. The van der Waals surface area contributed by atoms with Gasteiger partial charge in [0.1, 0.15) is 5.82 Å². The predicted molar refractivity (Wildman–Crippen MR) is 88.0 cm³/mol. The van der Waals surface area contributed by atoms with Crippen LogP contribution in [-0.2, 0) is 11.2 Å². The van der Waals surface area contributed by atoms with Crippen molar-refractivity contribution >= 4 is 33.1 Å².